The molecule has 1 aliphatic rings. The highest BCUT2D eigenvalue weighted by Gasteiger charge is 2.34. The van der Waals surface area contributed by atoms with Gasteiger partial charge in [-0.25, -0.2) is 0 Å². The van der Waals surface area contributed by atoms with Crippen LogP contribution in [0.2, 0.25) is 0 Å². The lowest BCUT2D eigenvalue weighted by Crippen LogP contribution is -2.46. The molecule has 0 aromatic carbocycles. The predicted octanol–water partition coefficient (Wildman–Crippen LogP) is 0.922. The van der Waals surface area contributed by atoms with E-state index in [4.69, 9.17) is 0 Å². The van der Waals surface area contributed by atoms with Gasteiger partial charge in [0.25, 0.3) is 0 Å². The van der Waals surface area contributed by atoms with Crippen LogP contribution in [-0.4, -0.2) is 31.7 Å². The SMILES string of the molecule is CNCC1(c2ccccn2)CCNCC1. The molecule has 0 aliphatic carbocycles. The molecular formula is C12H19N3. The van der Waals surface area contributed by atoms with Gasteiger partial charge in [0.2, 0.25) is 0 Å². The molecular weight excluding hydrogens is 186 g/mol. The second kappa shape index (κ2) is 4.73. The summed E-state index contributed by atoms with van der Waals surface area (Å²) in [4.78, 5) is 4.53. The number of nitrogens with zero attached hydrogens (tertiary/aromatic N) is 1. The second-order valence-electron chi connectivity index (χ2n) is 4.28. The molecule has 0 radical (unpaired) electrons. The van der Waals surface area contributed by atoms with Crippen molar-refractivity contribution in [2.75, 3.05) is 26.7 Å². The summed E-state index contributed by atoms with van der Waals surface area (Å²) >= 11 is 0. The summed E-state index contributed by atoms with van der Waals surface area (Å²) in [5.41, 5.74) is 1.47. The Morgan fingerprint density at radius 2 is 2.20 bits per heavy atom. The average molecular weight is 205 g/mol. The molecule has 2 N–H and O–H groups in total. The minimum absolute atomic E-state index is 0.237. The first-order valence-electron chi connectivity index (χ1n) is 5.64. The standard InChI is InChI=1S/C12H19N3/c1-13-10-12(5-8-14-9-6-12)11-4-2-3-7-15-11/h2-4,7,13-14H,5-6,8-10H2,1H3. The van der Waals surface area contributed by atoms with E-state index >= 15 is 0 Å². The minimum Gasteiger partial charge on any atom is -0.319 e. The van der Waals surface area contributed by atoms with E-state index in [0.29, 0.717) is 0 Å². The summed E-state index contributed by atoms with van der Waals surface area (Å²) in [5.74, 6) is 0. The van der Waals surface area contributed by atoms with Gasteiger partial charge >= 0.3 is 0 Å². The maximum Gasteiger partial charge on any atom is 0.0479 e. The van der Waals surface area contributed by atoms with Crippen LogP contribution in [0.5, 0.6) is 0 Å². The molecule has 0 spiro atoms. The number of pyridine rings is 1. The smallest absolute Gasteiger partial charge is 0.0479 e. The molecule has 1 aromatic rings. The minimum atomic E-state index is 0.237. The molecule has 0 bridgehead atoms. The van der Waals surface area contributed by atoms with Gasteiger partial charge in [0.15, 0.2) is 0 Å². The Hall–Kier alpha value is -0.930. The highest BCUT2D eigenvalue weighted by Crippen LogP contribution is 2.31. The van der Waals surface area contributed by atoms with Crippen molar-refractivity contribution < 1.29 is 0 Å². The highest BCUT2D eigenvalue weighted by molar-refractivity contribution is 5.19. The molecule has 0 unspecified atom stereocenters. The number of likely N-dealkylation sites (N-methyl/N-ethyl adjacent to an activating group) is 1. The fourth-order valence-corrected chi connectivity index (χ4v) is 2.44. The molecule has 15 heavy (non-hydrogen) atoms. The number of rotatable bonds is 3. The summed E-state index contributed by atoms with van der Waals surface area (Å²) in [6, 6.07) is 6.22. The van der Waals surface area contributed by atoms with Gasteiger partial charge in [0.05, 0.1) is 0 Å². The van der Waals surface area contributed by atoms with Crippen LogP contribution in [0.15, 0.2) is 24.4 Å². The monoisotopic (exact) mass is 205 g/mol. The first-order chi connectivity index (χ1) is 7.37. The summed E-state index contributed by atoms with van der Waals surface area (Å²) in [5, 5.41) is 6.72. The van der Waals surface area contributed by atoms with E-state index in [9.17, 15) is 0 Å². The van der Waals surface area contributed by atoms with Crippen molar-refractivity contribution in [1.29, 1.82) is 0 Å². The van der Waals surface area contributed by atoms with Gasteiger partial charge in [0.1, 0.15) is 0 Å². The van der Waals surface area contributed by atoms with Gasteiger partial charge in [0, 0.05) is 23.9 Å². The Labute approximate surface area is 91.3 Å². The van der Waals surface area contributed by atoms with Gasteiger partial charge in [-0.15, -0.1) is 0 Å². The molecule has 1 aliphatic heterocycles. The molecule has 1 fully saturated rings. The maximum absolute atomic E-state index is 4.53. The number of nitrogens with one attached hydrogen (secondary N) is 2. The molecule has 82 valence electrons. The Kier molecular flexibility index (Phi) is 3.34. The van der Waals surface area contributed by atoms with Crippen molar-refractivity contribution in [3.8, 4) is 0 Å². The molecule has 0 amide bonds. The number of piperidine rings is 1. The van der Waals surface area contributed by atoms with Crippen LogP contribution in [0.4, 0.5) is 0 Å². The predicted molar refractivity (Wildman–Crippen MR) is 61.9 cm³/mol. The Morgan fingerprint density at radius 3 is 2.80 bits per heavy atom. The lowest BCUT2D eigenvalue weighted by molar-refractivity contribution is 0.293. The fraction of sp³-hybridized carbons (Fsp3) is 0.583. The third-order valence-electron chi connectivity index (χ3n) is 3.28. The fourth-order valence-electron chi connectivity index (χ4n) is 2.44. The van der Waals surface area contributed by atoms with Crippen molar-refractivity contribution in [2.45, 2.75) is 18.3 Å². The van der Waals surface area contributed by atoms with E-state index in [1.165, 1.54) is 18.5 Å². The quantitative estimate of drug-likeness (QED) is 0.770. The average Bonchev–Trinajstić information content (AvgIpc) is 2.32. The topological polar surface area (TPSA) is 37.0 Å². The van der Waals surface area contributed by atoms with Gasteiger partial charge < -0.3 is 10.6 Å². The molecule has 2 heterocycles. The lowest BCUT2D eigenvalue weighted by atomic mass is 9.75. The number of hydrogen-bond acceptors (Lipinski definition) is 3. The number of hydrogen-bond donors (Lipinski definition) is 2. The van der Waals surface area contributed by atoms with Crippen molar-refractivity contribution in [3.05, 3.63) is 30.1 Å². The highest BCUT2D eigenvalue weighted by atomic mass is 14.9. The van der Waals surface area contributed by atoms with Crippen LogP contribution in [-0.2, 0) is 5.41 Å². The molecule has 1 saturated heterocycles. The van der Waals surface area contributed by atoms with Crippen LogP contribution in [0.25, 0.3) is 0 Å². The normalized spacial score (nSPS) is 20.1. The van der Waals surface area contributed by atoms with Crippen molar-refractivity contribution in [1.82, 2.24) is 15.6 Å². The Bertz CT molecular complexity index is 285. The zero-order valence-electron chi connectivity index (χ0n) is 9.29. The Morgan fingerprint density at radius 1 is 1.40 bits per heavy atom. The maximum atomic E-state index is 4.53. The van der Waals surface area contributed by atoms with Gasteiger partial charge in [-0.2, -0.15) is 0 Å². The van der Waals surface area contributed by atoms with E-state index in [1.807, 2.05) is 19.3 Å². The summed E-state index contributed by atoms with van der Waals surface area (Å²) in [6.45, 7) is 3.21. The zero-order chi connectivity index (χ0) is 10.6. The number of aromatic nitrogens is 1. The summed E-state index contributed by atoms with van der Waals surface area (Å²) < 4.78 is 0. The van der Waals surface area contributed by atoms with Crippen LogP contribution < -0.4 is 10.6 Å². The van der Waals surface area contributed by atoms with E-state index in [-0.39, 0.29) is 5.41 Å². The Balaban J connectivity index is 2.25. The van der Waals surface area contributed by atoms with Gasteiger partial charge in [-0.1, -0.05) is 6.07 Å². The van der Waals surface area contributed by atoms with Crippen molar-refractivity contribution in [3.63, 3.8) is 0 Å². The first-order valence-corrected chi connectivity index (χ1v) is 5.64. The van der Waals surface area contributed by atoms with Crippen LogP contribution in [0.3, 0.4) is 0 Å². The van der Waals surface area contributed by atoms with Gasteiger partial charge in [-0.3, -0.25) is 4.98 Å². The van der Waals surface area contributed by atoms with Crippen LogP contribution in [0, 0.1) is 0 Å². The molecule has 2 rings (SSSR count). The molecule has 1 aromatic heterocycles. The van der Waals surface area contributed by atoms with Gasteiger partial charge in [-0.05, 0) is 45.1 Å². The van der Waals surface area contributed by atoms with E-state index < -0.39 is 0 Å². The third-order valence-corrected chi connectivity index (χ3v) is 3.28. The molecule has 3 nitrogen and oxygen atoms in total. The van der Waals surface area contributed by atoms with E-state index in [0.717, 1.165) is 19.6 Å². The lowest BCUT2D eigenvalue weighted by Gasteiger charge is -2.37. The first kappa shape index (κ1) is 10.6. The largest absolute Gasteiger partial charge is 0.319 e. The van der Waals surface area contributed by atoms with Crippen LogP contribution >= 0.6 is 0 Å². The summed E-state index contributed by atoms with van der Waals surface area (Å²) in [6.07, 6.45) is 4.24. The van der Waals surface area contributed by atoms with Crippen molar-refractivity contribution >= 4 is 0 Å². The third kappa shape index (κ3) is 2.19. The zero-order valence-corrected chi connectivity index (χ0v) is 9.29. The second-order valence-corrected chi connectivity index (χ2v) is 4.28. The van der Waals surface area contributed by atoms with E-state index in [1.54, 1.807) is 0 Å². The molecule has 3 heteroatoms. The van der Waals surface area contributed by atoms with Crippen LogP contribution in [0.1, 0.15) is 18.5 Å². The van der Waals surface area contributed by atoms with E-state index in [2.05, 4.69) is 27.8 Å². The summed E-state index contributed by atoms with van der Waals surface area (Å²) in [7, 11) is 2.02. The molecule has 0 saturated carbocycles. The van der Waals surface area contributed by atoms with Crippen molar-refractivity contribution in [2.24, 2.45) is 0 Å². The molecule has 0 atom stereocenters.